The Labute approximate surface area is 137 Å². The van der Waals surface area contributed by atoms with Crippen LogP contribution >= 0.6 is 0 Å². The molecule has 1 aliphatic rings. The third-order valence-electron chi connectivity index (χ3n) is 3.91. The van der Waals surface area contributed by atoms with Gasteiger partial charge in [0, 0.05) is 20.6 Å². The quantitative estimate of drug-likeness (QED) is 0.887. The fraction of sp³-hybridized carbons (Fsp3) is 0.529. The van der Waals surface area contributed by atoms with Crippen LogP contribution in [0.15, 0.2) is 24.3 Å². The molecule has 1 N–H and O–H groups in total. The lowest BCUT2D eigenvalue weighted by molar-refractivity contribution is -0.131. The lowest BCUT2D eigenvalue weighted by atomic mass is 10.1. The van der Waals surface area contributed by atoms with Crippen molar-refractivity contribution in [2.75, 3.05) is 32.1 Å². The zero-order valence-corrected chi connectivity index (χ0v) is 14.2. The van der Waals surface area contributed by atoms with E-state index in [4.69, 9.17) is 4.74 Å². The van der Waals surface area contributed by atoms with E-state index in [2.05, 4.69) is 5.32 Å². The number of amides is 2. The lowest BCUT2D eigenvalue weighted by Gasteiger charge is -2.39. The molecule has 0 bridgehead atoms. The number of nitrogens with one attached hydrogen (secondary N) is 1. The average Bonchev–Trinajstić information content (AvgIpc) is 2.57. The van der Waals surface area contributed by atoms with Crippen LogP contribution in [0.5, 0.6) is 5.75 Å². The Kier molecular flexibility index (Phi) is 5.47. The number of benzene rings is 1. The maximum Gasteiger partial charge on any atom is 0.262 e. The first kappa shape index (κ1) is 17.1. The standard InChI is InChI=1S/C17H25N3O3/c1-5-10-18-16(21)15-11-20(12(2)17(22)19(3)4)13-8-6-7-9-14(13)23-15/h6-9,12,15H,5,10-11H2,1-4H3,(H,18,21)/t12-,15+/m0/s1. The molecule has 1 aromatic rings. The highest BCUT2D eigenvalue weighted by molar-refractivity contribution is 5.88. The van der Waals surface area contributed by atoms with Crippen molar-refractivity contribution in [2.24, 2.45) is 0 Å². The van der Waals surface area contributed by atoms with Crippen LogP contribution in [0.25, 0.3) is 0 Å². The van der Waals surface area contributed by atoms with Gasteiger partial charge in [-0.2, -0.15) is 0 Å². The van der Waals surface area contributed by atoms with Crippen LogP contribution in [0.3, 0.4) is 0 Å². The Bertz CT molecular complexity index is 574. The van der Waals surface area contributed by atoms with Crippen LogP contribution in [0, 0.1) is 0 Å². The third-order valence-corrected chi connectivity index (χ3v) is 3.91. The smallest absolute Gasteiger partial charge is 0.262 e. The fourth-order valence-electron chi connectivity index (χ4n) is 2.63. The van der Waals surface area contributed by atoms with Gasteiger partial charge in [0.1, 0.15) is 11.8 Å². The van der Waals surface area contributed by atoms with Crippen LogP contribution < -0.4 is 15.0 Å². The molecule has 6 heteroatoms. The van der Waals surface area contributed by atoms with Gasteiger partial charge in [-0.25, -0.2) is 0 Å². The molecule has 1 aromatic carbocycles. The number of nitrogens with zero attached hydrogens (tertiary/aromatic N) is 2. The van der Waals surface area contributed by atoms with Gasteiger partial charge in [0.05, 0.1) is 12.2 Å². The van der Waals surface area contributed by atoms with E-state index in [0.29, 0.717) is 18.8 Å². The minimum Gasteiger partial charge on any atom is -0.477 e. The first-order valence-corrected chi connectivity index (χ1v) is 7.97. The summed E-state index contributed by atoms with van der Waals surface area (Å²) in [5, 5.41) is 2.86. The van der Waals surface area contributed by atoms with Crippen LogP contribution in [0.1, 0.15) is 20.3 Å². The molecule has 2 rings (SSSR count). The largest absolute Gasteiger partial charge is 0.477 e. The van der Waals surface area contributed by atoms with E-state index < -0.39 is 6.10 Å². The molecule has 1 heterocycles. The van der Waals surface area contributed by atoms with Gasteiger partial charge in [0.2, 0.25) is 5.91 Å². The third kappa shape index (κ3) is 3.75. The van der Waals surface area contributed by atoms with Crippen LogP contribution in [0.4, 0.5) is 5.69 Å². The maximum atomic E-state index is 12.3. The second-order valence-corrected chi connectivity index (χ2v) is 5.93. The highest BCUT2D eigenvalue weighted by Gasteiger charge is 2.35. The zero-order valence-electron chi connectivity index (χ0n) is 14.2. The Hall–Kier alpha value is -2.24. The molecule has 2 atom stereocenters. The number of fused-ring (bicyclic) bond motifs is 1. The summed E-state index contributed by atoms with van der Waals surface area (Å²) in [6.07, 6.45) is 0.253. The number of rotatable bonds is 5. The highest BCUT2D eigenvalue weighted by Crippen LogP contribution is 2.34. The molecule has 0 spiro atoms. The van der Waals surface area contributed by atoms with Gasteiger partial charge in [-0.1, -0.05) is 19.1 Å². The number of para-hydroxylation sites is 2. The van der Waals surface area contributed by atoms with Crippen molar-refractivity contribution < 1.29 is 14.3 Å². The molecule has 0 aromatic heterocycles. The molecule has 0 saturated carbocycles. The molecule has 0 radical (unpaired) electrons. The van der Waals surface area contributed by atoms with E-state index in [0.717, 1.165) is 12.1 Å². The minimum absolute atomic E-state index is 0.00517. The van der Waals surface area contributed by atoms with E-state index in [1.807, 2.05) is 43.0 Å². The molecular formula is C17H25N3O3. The molecule has 0 saturated heterocycles. The number of likely N-dealkylation sites (N-methyl/N-ethyl adjacent to an activating group) is 1. The average molecular weight is 319 g/mol. The number of hydrogen-bond acceptors (Lipinski definition) is 4. The van der Waals surface area contributed by atoms with Gasteiger partial charge in [0.25, 0.3) is 5.91 Å². The molecule has 1 aliphatic heterocycles. The summed E-state index contributed by atoms with van der Waals surface area (Å²) in [5.41, 5.74) is 0.842. The molecule has 23 heavy (non-hydrogen) atoms. The zero-order chi connectivity index (χ0) is 17.0. The number of carbonyl (C=O) groups is 2. The predicted octanol–water partition coefficient (Wildman–Crippen LogP) is 1.26. The molecule has 0 unspecified atom stereocenters. The summed E-state index contributed by atoms with van der Waals surface area (Å²) < 4.78 is 5.83. The van der Waals surface area contributed by atoms with E-state index in [1.54, 1.807) is 19.0 Å². The summed E-state index contributed by atoms with van der Waals surface area (Å²) in [4.78, 5) is 28.1. The van der Waals surface area contributed by atoms with Gasteiger partial charge < -0.3 is 19.9 Å². The van der Waals surface area contributed by atoms with E-state index in [1.165, 1.54) is 0 Å². The monoisotopic (exact) mass is 319 g/mol. The first-order chi connectivity index (χ1) is 11.0. The van der Waals surface area contributed by atoms with E-state index in [9.17, 15) is 9.59 Å². The van der Waals surface area contributed by atoms with Gasteiger partial charge in [-0.15, -0.1) is 0 Å². The molecule has 0 fully saturated rings. The molecule has 126 valence electrons. The number of hydrogen-bond donors (Lipinski definition) is 1. The number of carbonyl (C=O) groups excluding carboxylic acids is 2. The summed E-state index contributed by atoms with van der Waals surface area (Å²) in [6, 6.07) is 7.14. The Morgan fingerprint density at radius 2 is 2.09 bits per heavy atom. The summed E-state index contributed by atoms with van der Waals surface area (Å²) >= 11 is 0. The molecule has 0 aliphatic carbocycles. The van der Waals surface area contributed by atoms with Gasteiger partial charge in [-0.3, -0.25) is 9.59 Å². The maximum absolute atomic E-state index is 12.3. The first-order valence-electron chi connectivity index (χ1n) is 7.97. The number of ether oxygens (including phenoxy) is 1. The second kappa shape index (κ2) is 7.35. The van der Waals surface area contributed by atoms with Crippen molar-refractivity contribution in [1.29, 1.82) is 0 Å². The van der Waals surface area contributed by atoms with E-state index >= 15 is 0 Å². The van der Waals surface area contributed by atoms with Crippen LogP contribution in [-0.2, 0) is 9.59 Å². The Morgan fingerprint density at radius 3 is 2.74 bits per heavy atom. The Morgan fingerprint density at radius 1 is 1.39 bits per heavy atom. The Balaban J connectivity index is 2.26. The molecular weight excluding hydrogens is 294 g/mol. The van der Waals surface area contributed by atoms with Crippen molar-refractivity contribution in [3.8, 4) is 5.75 Å². The van der Waals surface area contributed by atoms with Crippen molar-refractivity contribution >= 4 is 17.5 Å². The van der Waals surface area contributed by atoms with Crippen molar-refractivity contribution in [1.82, 2.24) is 10.2 Å². The summed E-state index contributed by atoms with van der Waals surface area (Å²) in [7, 11) is 3.47. The van der Waals surface area contributed by atoms with Crippen LogP contribution in [0.2, 0.25) is 0 Å². The van der Waals surface area contributed by atoms with Gasteiger partial charge in [-0.05, 0) is 25.5 Å². The predicted molar refractivity (Wildman–Crippen MR) is 89.7 cm³/mol. The van der Waals surface area contributed by atoms with E-state index in [-0.39, 0.29) is 17.9 Å². The topological polar surface area (TPSA) is 61.9 Å². The van der Waals surface area contributed by atoms with Gasteiger partial charge in [0.15, 0.2) is 6.10 Å². The lowest BCUT2D eigenvalue weighted by Crippen LogP contribution is -2.54. The van der Waals surface area contributed by atoms with Crippen molar-refractivity contribution in [3.63, 3.8) is 0 Å². The molecule has 2 amide bonds. The minimum atomic E-state index is -0.617. The van der Waals surface area contributed by atoms with Crippen molar-refractivity contribution in [3.05, 3.63) is 24.3 Å². The SMILES string of the molecule is CCCNC(=O)[C@H]1CN([C@@H](C)C(=O)N(C)C)c2ccccc2O1. The highest BCUT2D eigenvalue weighted by atomic mass is 16.5. The van der Waals surface area contributed by atoms with Gasteiger partial charge >= 0.3 is 0 Å². The van der Waals surface area contributed by atoms with Crippen LogP contribution in [-0.4, -0.2) is 56.0 Å². The number of anilines is 1. The van der Waals surface area contributed by atoms with Crippen molar-refractivity contribution in [2.45, 2.75) is 32.4 Å². The summed E-state index contributed by atoms with van der Waals surface area (Å²) in [5.74, 6) is 0.485. The second-order valence-electron chi connectivity index (χ2n) is 5.93. The normalized spacial score (nSPS) is 17.7. The summed E-state index contributed by atoms with van der Waals surface area (Å²) in [6.45, 7) is 4.83. The fourth-order valence-corrected chi connectivity index (χ4v) is 2.63. The molecule has 6 nitrogen and oxygen atoms in total.